The molecule has 5 nitrogen and oxygen atoms in total. The van der Waals surface area contributed by atoms with Gasteiger partial charge in [0, 0.05) is 24.1 Å². The average molecular weight is 386 g/mol. The van der Waals surface area contributed by atoms with Crippen molar-refractivity contribution in [3.63, 3.8) is 0 Å². The highest BCUT2D eigenvalue weighted by molar-refractivity contribution is 6.42. The van der Waals surface area contributed by atoms with Crippen LogP contribution in [0.5, 0.6) is 0 Å². The Labute approximate surface area is 156 Å². The Balaban J connectivity index is 0.000000242. The van der Waals surface area contributed by atoms with E-state index >= 15 is 0 Å². The summed E-state index contributed by atoms with van der Waals surface area (Å²) in [6, 6.07) is 6.17. The average Bonchev–Trinajstić information content (AvgIpc) is 3.05. The summed E-state index contributed by atoms with van der Waals surface area (Å²) in [5, 5.41) is 20.5. The number of hydrogen-bond acceptors (Lipinski definition) is 3. The molecule has 1 aromatic rings. The van der Waals surface area contributed by atoms with Gasteiger partial charge >= 0.3 is 11.9 Å². The molecule has 1 aliphatic carbocycles. The lowest BCUT2D eigenvalue weighted by Crippen LogP contribution is -2.31. The van der Waals surface area contributed by atoms with E-state index in [1.807, 2.05) is 6.07 Å². The summed E-state index contributed by atoms with van der Waals surface area (Å²) in [5.74, 6) is -0.939. The second-order valence-electron chi connectivity index (χ2n) is 6.67. The first-order valence-corrected chi connectivity index (χ1v) is 8.80. The number of rotatable bonds is 3. The van der Waals surface area contributed by atoms with E-state index in [-0.39, 0.29) is 0 Å². The molecule has 3 atom stereocenters. The molecule has 0 bridgehead atoms. The highest BCUT2D eigenvalue weighted by Gasteiger charge is 2.49. The summed E-state index contributed by atoms with van der Waals surface area (Å²) in [6.45, 7) is 4.59. The fraction of sp³-hybridized carbons (Fsp3) is 0.444. The Hall–Kier alpha value is -1.56. The second-order valence-corrected chi connectivity index (χ2v) is 7.48. The van der Waals surface area contributed by atoms with Gasteiger partial charge in [-0.2, -0.15) is 0 Å². The number of carboxylic acids is 2. The predicted molar refractivity (Wildman–Crippen MR) is 97.3 cm³/mol. The van der Waals surface area contributed by atoms with E-state index in [0.717, 1.165) is 24.9 Å². The van der Waals surface area contributed by atoms with Gasteiger partial charge in [0.1, 0.15) is 0 Å². The first-order valence-electron chi connectivity index (χ1n) is 8.05. The summed E-state index contributed by atoms with van der Waals surface area (Å²) in [4.78, 5) is 19.1. The maximum atomic E-state index is 9.55. The Kier molecular flexibility index (Phi) is 6.49. The largest absolute Gasteiger partial charge is 0.478 e. The van der Waals surface area contributed by atoms with Gasteiger partial charge in [0.2, 0.25) is 0 Å². The van der Waals surface area contributed by atoms with Gasteiger partial charge in [0.05, 0.1) is 10.0 Å². The first-order chi connectivity index (χ1) is 11.7. The third-order valence-electron chi connectivity index (χ3n) is 4.88. The van der Waals surface area contributed by atoms with E-state index < -0.39 is 11.9 Å². The first kappa shape index (κ1) is 19.8. The molecule has 1 saturated carbocycles. The number of aliphatic carboxylic acids is 2. The van der Waals surface area contributed by atoms with Crippen LogP contribution in [0.4, 0.5) is 0 Å². The van der Waals surface area contributed by atoms with Crippen LogP contribution in [0, 0.1) is 11.8 Å². The quantitative estimate of drug-likeness (QED) is 0.692. The fourth-order valence-electron chi connectivity index (χ4n) is 3.95. The van der Waals surface area contributed by atoms with Gasteiger partial charge in [-0.1, -0.05) is 36.2 Å². The minimum absolute atomic E-state index is 0.299. The zero-order chi connectivity index (χ0) is 18.6. The molecule has 1 saturated heterocycles. The molecule has 2 fully saturated rings. The smallest absolute Gasteiger partial charge is 0.328 e. The summed E-state index contributed by atoms with van der Waals surface area (Å²) in [5.41, 5.74) is 1.67. The number of benzene rings is 1. The van der Waals surface area contributed by atoms with Gasteiger partial charge in [-0.15, -0.1) is 0 Å². The number of carboxylic acid groups (broad SMARTS) is 2. The van der Waals surface area contributed by atoms with Crippen molar-refractivity contribution in [1.29, 1.82) is 0 Å². The van der Waals surface area contributed by atoms with Crippen molar-refractivity contribution in [2.75, 3.05) is 13.1 Å². The number of hydrogen-bond donors (Lipinski definition) is 3. The molecule has 1 heterocycles. The van der Waals surface area contributed by atoms with Crippen LogP contribution in [0.15, 0.2) is 30.4 Å². The molecule has 0 aromatic heterocycles. The van der Waals surface area contributed by atoms with E-state index in [0.29, 0.717) is 27.6 Å². The van der Waals surface area contributed by atoms with Crippen molar-refractivity contribution >= 4 is 35.1 Å². The Morgan fingerprint density at radius 2 is 1.84 bits per heavy atom. The van der Waals surface area contributed by atoms with Crippen LogP contribution >= 0.6 is 23.2 Å². The van der Waals surface area contributed by atoms with Crippen LogP contribution in [-0.4, -0.2) is 35.2 Å². The third kappa shape index (κ3) is 4.75. The Morgan fingerprint density at radius 1 is 1.20 bits per heavy atom. The van der Waals surface area contributed by atoms with E-state index in [1.165, 1.54) is 18.4 Å². The van der Waals surface area contributed by atoms with Crippen LogP contribution in [0.2, 0.25) is 10.0 Å². The Morgan fingerprint density at radius 3 is 2.40 bits per heavy atom. The highest BCUT2D eigenvalue weighted by atomic mass is 35.5. The van der Waals surface area contributed by atoms with Gasteiger partial charge < -0.3 is 15.5 Å². The summed E-state index contributed by atoms with van der Waals surface area (Å²) < 4.78 is 0. The highest BCUT2D eigenvalue weighted by Crippen LogP contribution is 2.50. The van der Waals surface area contributed by atoms with Crippen molar-refractivity contribution in [3.8, 4) is 0 Å². The van der Waals surface area contributed by atoms with Crippen molar-refractivity contribution in [3.05, 3.63) is 46.0 Å². The molecule has 25 heavy (non-hydrogen) atoms. The van der Waals surface area contributed by atoms with Crippen molar-refractivity contribution < 1.29 is 19.8 Å². The van der Waals surface area contributed by atoms with E-state index in [9.17, 15) is 9.59 Å². The second kappa shape index (κ2) is 8.21. The zero-order valence-electron chi connectivity index (χ0n) is 13.8. The number of carbonyl (C=O) groups is 2. The third-order valence-corrected chi connectivity index (χ3v) is 5.61. The van der Waals surface area contributed by atoms with Gasteiger partial charge in [-0.05, 0) is 48.9 Å². The number of nitrogens with one attached hydrogen (secondary N) is 1. The molecular formula is C18H21Cl2NO4. The van der Waals surface area contributed by atoms with E-state index in [4.69, 9.17) is 33.4 Å². The molecule has 2 aliphatic rings. The SMILES string of the molecule is C[C@@H]1C[C@@H]2CNC[C@]2(c2ccc(Cl)c(Cl)c2)C1.O=C(O)/C=C/C(=O)O. The normalized spacial score (nSPS) is 27.6. The maximum absolute atomic E-state index is 9.55. The van der Waals surface area contributed by atoms with Crippen LogP contribution in [0.1, 0.15) is 25.3 Å². The van der Waals surface area contributed by atoms with Gasteiger partial charge in [-0.25, -0.2) is 9.59 Å². The van der Waals surface area contributed by atoms with Gasteiger partial charge in [0.25, 0.3) is 0 Å². The molecule has 3 rings (SSSR count). The Bertz CT molecular complexity index is 676. The lowest BCUT2D eigenvalue weighted by molar-refractivity contribution is -0.134. The van der Waals surface area contributed by atoms with Crippen molar-refractivity contribution in [1.82, 2.24) is 5.32 Å². The molecule has 7 heteroatoms. The van der Waals surface area contributed by atoms with Crippen LogP contribution in [0.3, 0.4) is 0 Å². The van der Waals surface area contributed by atoms with Crippen LogP contribution in [0.25, 0.3) is 0 Å². The molecule has 136 valence electrons. The molecule has 0 radical (unpaired) electrons. The van der Waals surface area contributed by atoms with Crippen LogP contribution < -0.4 is 5.32 Å². The predicted octanol–water partition coefficient (Wildman–Crippen LogP) is 3.59. The minimum Gasteiger partial charge on any atom is -0.478 e. The van der Waals surface area contributed by atoms with Gasteiger partial charge in [0.15, 0.2) is 0 Å². The lowest BCUT2D eigenvalue weighted by Gasteiger charge is -2.29. The number of halogens is 2. The fourth-order valence-corrected chi connectivity index (χ4v) is 4.25. The van der Waals surface area contributed by atoms with Gasteiger partial charge in [-0.3, -0.25) is 0 Å². The molecule has 1 aromatic carbocycles. The van der Waals surface area contributed by atoms with E-state index in [2.05, 4.69) is 24.4 Å². The van der Waals surface area contributed by atoms with Crippen LogP contribution in [-0.2, 0) is 15.0 Å². The summed E-state index contributed by atoms with van der Waals surface area (Å²) in [7, 11) is 0. The molecule has 0 unspecified atom stereocenters. The lowest BCUT2D eigenvalue weighted by atomic mass is 9.74. The number of fused-ring (bicyclic) bond motifs is 1. The monoisotopic (exact) mass is 385 g/mol. The molecular weight excluding hydrogens is 365 g/mol. The molecule has 0 amide bonds. The minimum atomic E-state index is -1.26. The van der Waals surface area contributed by atoms with E-state index in [1.54, 1.807) is 0 Å². The van der Waals surface area contributed by atoms with Crippen molar-refractivity contribution in [2.24, 2.45) is 11.8 Å². The standard InChI is InChI=1S/C14H17Cl2N.C4H4O4/c1-9-4-11-7-17-8-14(11,6-9)10-2-3-12(15)13(16)5-10;5-3(6)1-2-4(7)8/h2-3,5,9,11,17H,4,6-8H2,1H3;1-2H,(H,5,6)(H,7,8)/b;2-1+/t9-,11-,14+;/m1./s1. The topological polar surface area (TPSA) is 86.6 Å². The molecule has 1 aliphatic heterocycles. The van der Waals surface area contributed by atoms with Crippen molar-refractivity contribution in [2.45, 2.75) is 25.2 Å². The summed E-state index contributed by atoms with van der Waals surface area (Å²) >= 11 is 12.2. The zero-order valence-corrected chi connectivity index (χ0v) is 15.3. The summed E-state index contributed by atoms with van der Waals surface area (Å²) in [6.07, 6.45) is 3.71. The maximum Gasteiger partial charge on any atom is 0.328 e. The molecule has 3 N–H and O–H groups in total. The molecule has 0 spiro atoms.